The summed E-state index contributed by atoms with van der Waals surface area (Å²) in [5.74, 6) is -1.37. The molecule has 0 spiro atoms. The number of carbonyl (C=O) groups is 2. The first kappa shape index (κ1) is 23.9. The van der Waals surface area contributed by atoms with Gasteiger partial charge in [0, 0.05) is 17.4 Å². The zero-order valence-electron chi connectivity index (χ0n) is 18.7. The molecule has 1 heterocycles. The van der Waals surface area contributed by atoms with Crippen molar-refractivity contribution >= 4 is 27.6 Å². The molecule has 3 aromatic carbocycles. The molecule has 0 atom stereocenters. The fourth-order valence-corrected chi connectivity index (χ4v) is 3.88. The number of anilines is 1. The van der Waals surface area contributed by atoms with E-state index >= 15 is 0 Å². The third kappa shape index (κ3) is 5.81. The molecule has 10 heteroatoms. The van der Waals surface area contributed by atoms with Gasteiger partial charge in [-0.3, -0.25) is 4.79 Å². The van der Waals surface area contributed by atoms with E-state index in [2.05, 4.69) is 10.4 Å². The van der Waals surface area contributed by atoms with Gasteiger partial charge in [0.15, 0.2) is 6.61 Å². The van der Waals surface area contributed by atoms with Crippen LogP contribution in [-0.2, 0) is 19.6 Å². The largest absolute Gasteiger partial charge is 0.452 e. The third-order valence-electron chi connectivity index (χ3n) is 5.06. The zero-order chi connectivity index (χ0) is 25.0. The van der Waals surface area contributed by atoms with Crippen molar-refractivity contribution in [3.8, 4) is 16.9 Å². The van der Waals surface area contributed by atoms with Gasteiger partial charge in [0.1, 0.15) is 11.3 Å². The number of nitrogens with two attached hydrogens (primary N) is 1. The zero-order valence-corrected chi connectivity index (χ0v) is 19.5. The Balaban J connectivity index is 1.52. The highest BCUT2D eigenvalue weighted by molar-refractivity contribution is 7.89. The van der Waals surface area contributed by atoms with E-state index in [4.69, 9.17) is 9.88 Å². The molecule has 4 aromatic rings. The molecule has 0 radical (unpaired) electrons. The van der Waals surface area contributed by atoms with Crippen molar-refractivity contribution in [2.24, 2.45) is 5.14 Å². The highest BCUT2D eigenvalue weighted by atomic mass is 32.2. The minimum atomic E-state index is -3.92. The monoisotopic (exact) mass is 490 g/mol. The number of aromatic nitrogens is 2. The average Bonchev–Trinajstić information content (AvgIpc) is 3.29. The van der Waals surface area contributed by atoms with Gasteiger partial charge in [-0.15, -0.1) is 0 Å². The predicted molar refractivity (Wildman–Crippen MR) is 130 cm³/mol. The molecule has 0 saturated carbocycles. The van der Waals surface area contributed by atoms with Crippen LogP contribution in [0.5, 0.6) is 0 Å². The minimum absolute atomic E-state index is 0.150. The molecule has 178 valence electrons. The first-order valence-corrected chi connectivity index (χ1v) is 12.1. The van der Waals surface area contributed by atoms with E-state index in [-0.39, 0.29) is 16.1 Å². The molecular weight excluding hydrogens is 468 g/mol. The Hall–Kier alpha value is -4.28. The summed E-state index contributed by atoms with van der Waals surface area (Å²) in [5.41, 5.74) is 3.38. The first-order valence-electron chi connectivity index (χ1n) is 10.5. The van der Waals surface area contributed by atoms with Crippen LogP contribution in [0.25, 0.3) is 16.9 Å². The van der Waals surface area contributed by atoms with E-state index in [1.807, 2.05) is 61.5 Å². The Morgan fingerprint density at radius 1 is 1.00 bits per heavy atom. The lowest BCUT2D eigenvalue weighted by Crippen LogP contribution is -2.21. The number of primary sulfonamides is 1. The second-order valence-electron chi connectivity index (χ2n) is 7.73. The second-order valence-corrected chi connectivity index (χ2v) is 9.30. The summed E-state index contributed by atoms with van der Waals surface area (Å²) >= 11 is 0. The molecule has 0 aliphatic carbocycles. The Kier molecular flexibility index (Phi) is 6.76. The van der Waals surface area contributed by atoms with Gasteiger partial charge in [-0.05, 0) is 37.3 Å². The average molecular weight is 491 g/mol. The van der Waals surface area contributed by atoms with Gasteiger partial charge in [-0.1, -0.05) is 54.1 Å². The molecule has 1 amide bonds. The number of esters is 1. The smallest absolute Gasteiger partial charge is 0.342 e. The molecule has 0 bridgehead atoms. The van der Waals surface area contributed by atoms with E-state index in [1.54, 1.807) is 10.9 Å². The quantitative estimate of drug-likeness (QED) is 0.382. The molecule has 0 aliphatic heterocycles. The maximum Gasteiger partial charge on any atom is 0.342 e. The van der Waals surface area contributed by atoms with E-state index in [0.717, 1.165) is 16.8 Å². The summed E-state index contributed by atoms with van der Waals surface area (Å²) in [5, 5.41) is 12.2. The molecule has 4 rings (SSSR count). The lowest BCUT2D eigenvalue weighted by Gasteiger charge is -2.08. The van der Waals surface area contributed by atoms with E-state index in [0.29, 0.717) is 5.69 Å². The second kappa shape index (κ2) is 9.92. The Morgan fingerprint density at radius 2 is 1.71 bits per heavy atom. The number of rotatable bonds is 7. The predicted octanol–water partition coefficient (Wildman–Crippen LogP) is 3.29. The van der Waals surface area contributed by atoms with Crippen LogP contribution in [0.4, 0.5) is 5.69 Å². The Bertz CT molecular complexity index is 1480. The van der Waals surface area contributed by atoms with Gasteiger partial charge < -0.3 is 10.1 Å². The molecular formula is C25H22N4O5S. The van der Waals surface area contributed by atoms with Crippen LogP contribution in [0.1, 0.15) is 15.9 Å². The van der Waals surface area contributed by atoms with E-state index in [9.17, 15) is 18.0 Å². The number of sulfonamides is 1. The highest BCUT2D eigenvalue weighted by Gasteiger charge is 2.21. The maximum absolute atomic E-state index is 12.9. The van der Waals surface area contributed by atoms with Crippen LogP contribution >= 0.6 is 0 Å². The number of ether oxygens (including phenoxy) is 1. The van der Waals surface area contributed by atoms with Crippen molar-refractivity contribution in [2.75, 3.05) is 11.9 Å². The SMILES string of the molecule is Cc1ccc(-n2cc(C(=O)OCC(=O)Nc3cccc(S(N)(=O)=O)c3)c(-c3ccccc3)n2)cc1. The summed E-state index contributed by atoms with van der Waals surface area (Å²) in [4.78, 5) is 25.1. The Morgan fingerprint density at radius 3 is 2.40 bits per heavy atom. The molecule has 35 heavy (non-hydrogen) atoms. The summed E-state index contributed by atoms with van der Waals surface area (Å²) in [6.07, 6.45) is 1.56. The molecule has 9 nitrogen and oxygen atoms in total. The number of amides is 1. The summed E-state index contributed by atoms with van der Waals surface area (Å²) < 4.78 is 29.8. The number of nitrogens with zero attached hydrogens (tertiary/aromatic N) is 2. The molecule has 0 fully saturated rings. The van der Waals surface area contributed by atoms with Crippen molar-refractivity contribution < 1.29 is 22.7 Å². The normalized spacial score (nSPS) is 11.1. The number of benzene rings is 3. The molecule has 3 N–H and O–H groups in total. The fourth-order valence-electron chi connectivity index (χ4n) is 3.32. The topological polar surface area (TPSA) is 133 Å². The number of aryl methyl sites for hydroxylation is 1. The number of carbonyl (C=O) groups excluding carboxylic acids is 2. The third-order valence-corrected chi connectivity index (χ3v) is 5.97. The number of nitrogens with one attached hydrogen (secondary N) is 1. The standard InChI is InChI=1S/C25H22N4O5S/c1-17-10-12-20(13-11-17)29-15-22(24(28-29)18-6-3-2-4-7-18)25(31)34-16-23(30)27-19-8-5-9-21(14-19)35(26,32)33/h2-15H,16H2,1H3,(H,27,30)(H2,26,32,33). The van der Waals surface area contributed by atoms with Crippen molar-refractivity contribution in [1.82, 2.24) is 9.78 Å². The lowest BCUT2D eigenvalue weighted by molar-refractivity contribution is -0.119. The van der Waals surface area contributed by atoms with E-state index < -0.39 is 28.5 Å². The van der Waals surface area contributed by atoms with Gasteiger partial charge in [0.2, 0.25) is 10.0 Å². The summed E-state index contributed by atoms with van der Waals surface area (Å²) in [6.45, 7) is 1.39. The molecule has 0 aliphatic rings. The van der Waals surface area contributed by atoms with Gasteiger partial charge in [0.05, 0.1) is 10.6 Å². The van der Waals surface area contributed by atoms with Crippen molar-refractivity contribution in [2.45, 2.75) is 11.8 Å². The fraction of sp³-hybridized carbons (Fsp3) is 0.0800. The lowest BCUT2D eigenvalue weighted by atomic mass is 10.1. The van der Waals surface area contributed by atoms with Crippen molar-refractivity contribution in [1.29, 1.82) is 0 Å². The van der Waals surface area contributed by atoms with Crippen LogP contribution < -0.4 is 10.5 Å². The van der Waals surface area contributed by atoms with Crippen LogP contribution in [-0.4, -0.2) is 36.7 Å². The van der Waals surface area contributed by atoms with Gasteiger partial charge in [-0.2, -0.15) is 5.10 Å². The minimum Gasteiger partial charge on any atom is -0.452 e. The number of hydrogen-bond acceptors (Lipinski definition) is 6. The van der Waals surface area contributed by atoms with Crippen LogP contribution in [0.15, 0.2) is 90.0 Å². The highest BCUT2D eigenvalue weighted by Crippen LogP contribution is 2.24. The molecule has 0 saturated heterocycles. The van der Waals surface area contributed by atoms with Crippen LogP contribution in [0, 0.1) is 6.92 Å². The van der Waals surface area contributed by atoms with Gasteiger partial charge in [-0.25, -0.2) is 23.0 Å². The number of hydrogen-bond donors (Lipinski definition) is 2. The van der Waals surface area contributed by atoms with Crippen LogP contribution in [0.3, 0.4) is 0 Å². The van der Waals surface area contributed by atoms with Crippen LogP contribution in [0.2, 0.25) is 0 Å². The van der Waals surface area contributed by atoms with Gasteiger partial charge in [0.25, 0.3) is 5.91 Å². The molecule has 1 aromatic heterocycles. The molecule has 0 unspecified atom stereocenters. The van der Waals surface area contributed by atoms with Crippen molar-refractivity contribution in [3.05, 3.63) is 96.2 Å². The summed E-state index contributed by atoms with van der Waals surface area (Å²) in [7, 11) is -3.92. The van der Waals surface area contributed by atoms with E-state index in [1.165, 1.54) is 24.3 Å². The Labute approximate surface area is 202 Å². The van der Waals surface area contributed by atoms with Gasteiger partial charge >= 0.3 is 5.97 Å². The first-order chi connectivity index (χ1) is 16.7. The maximum atomic E-state index is 12.9. The summed E-state index contributed by atoms with van der Waals surface area (Å²) in [6, 6.07) is 22.3. The van der Waals surface area contributed by atoms with Crippen molar-refractivity contribution in [3.63, 3.8) is 0 Å².